The molecule has 4 nitrogen and oxygen atoms in total. The Labute approximate surface area is 116 Å². The number of aromatic hydroxyl groups is 1. The number of benzene rings is 1. The van der Waals surface area contributed by atoms with Gasteiger partial charge in [-0.25, -0.2) is 0 Å². The summed E-state index contributed by atoms with van der Waals surface area (Å²) < 4.78 is 0. The molecular formula is C13H19B2NO3. The third-order valence-electron chi connectivity index (χ3n) is 2.63. The molecule has 6 heteroatoms. The average molecular weight is 259 g/mol. The highest BCUT2D eigenvalue weighted by atomic mass is 16.3. The summed E-state index contributed by atoms with van der Waals surface area (Å²) in [5.74, 6) is -0.0399. The summed E-state index contributed by atoms with van der Waals surface area (Å²) in [6, 6.07) is 4.37. The van der Waals surface area contributed by atoms with Crippen LogP contribution in [0.25, 0.3) is 0 Å². The summed E-state index contributed by atoms with van der Waals surface area (Å²) in [7, 11) is 11.8. The minimum Gasteiger partial charge on any atom is -0.508 e. The lowest BCUT2D eigenvalue weighted by molar-refractivity contribution is 0.128. The van der Waals surface area contributed by atoms with E-state index in [1.54, 1.807) is 0 Å². The average Bonchev–Trinajstić information content (AvgIpc) is 2.25. The minimum atomic E-state index is -1.53. The summed E-state index contributed by atoms with van der Waals surface area (Å²) in [5, 5.41) is 30.2. The number of aliphatic hydroxyl groups is 2. The highest BCUT2D eigenvalue weighted by Gasteiger charge is 2.31. The fourth-order valence-electron chi connectivity index (χ4n) is 1.90. The molecule has 0 heterocycles. The van der Waals surface area contributed by atoms with Crippen LogP contribution >= 0.6 is 0 Å². The van der Waals surface area contributed by atoms with E-state index in [0.29, 0.717) is 11.1 Å². The van der Waals surface area contributed by atoms with E-state index in [1.165, 1.54) is 18.2 Å². The molecule has 0 fully saturated rings. The zero-order valence-electron chi connectivity index (χ0n) is 11.5. The van der Waals surface area contributed by atoms with Crippen molar-refractivity contribution in [1.82, 2.24) is 5.32 Å². The Balaban J connectivity index is 3.02. The molecule has 0 saturated carbocycles. The Hall–Kier alpha value is -0.970. The van der Waals surface area contributed by atoms with E-state index in [0.717, 1.165) is 0 Å². The number of aliphatic hydroxyl groups excluding tert-OH is 2. The molecule has 1 aromatic carbocycles. The Morgan fingerprint density at radius 1 is 1.26 bits per heavy atom. The van der Waals surface area contributed by atoms with Crippen LogP contribution in [0.1, 0.15) is 38.0 Å². The Morgan fingerprint density at radius 3 is 2.32 bits per heavy atom. The second-order valence-electron chi connectivity index (χ2n) is 5.76. The maximum Gasteiger partial charge on any atom is 0.121 e. The summed E-state index contributed by atoms with van der Waals surface area (Å²) >= 11 is 0. The van der Waals surface area contributed by atoms with Gasteiger partial charge in [0.2, 0.25) is 0 Å². The van der Waals surface area contributed by atoms with Crippen LogP contribution in [0.5, 0.6) is 5.75 Å². The first-order valence-electron chi connectivity index (χ1n) is 6.04. The monoisotopic (exact) mass is 259 g/mol. The normalized spacial score (nSPS) is 14.4. The molecule has 1 aromatic rings. The van der Waals surface area contributed by atoms with Crippen molar-refractivity contribution >= 4 is 15.7 Å². The molecule has 1 rings (SSSR count). The lowest BCUT2D eigenvalue weighted by Crippen LogP contribution is -2.58. The summed E-state index contributed by atoms with van der Waals surface area (Å²) in [6.45, 7) is 5.31. The van der Waals surface area contributed by atoms with Crippen molar-refractivity contribution in [3.8, 4) is 5.75 Å². The lowest BCUT2D eigenvalue weighted by Gasteiger charge is -2.40. The van der Waals surface area contributed by atoms with E-state index in [9.17, 15) is 10.2 Å². The Bertz CT molecular complexity index is 444. The molecule has 0 amide bonds. The molecule has 4 N–H and O–H groups in total. The molecule has 0 bridgehead atoms. The van der Waals surface area contributed by atoms with Gasteiger partial charge in [-0.1, -0.05) is 6.07 Å². The van der Waals surface area contributed by atoms with Crippen molar-refractivity contribution < 1.29 is 15.3 Å². The van der Waals surface area contributed by atoms with Crippen LogP contribution < -0.4 is 5.32 Å². The van der Waals surface area contributed by atoms with Crippen LogP contribution in [-0.4, -0.2) is 41.9 Å². The van der Waals surface area contributed by atoms with Crippen LogP contribution in [-0.2, 0) is 6.61 Å². The first-order valence-corrected chi connectivity index (χ1v) is 6.04. The lowest BCUT2D eigenvalue weighted by atomic mass is 9.56. The van der Waals surface area contributed by atoms with E-state index in [-0.39, 0.29) is 17.9 Å². The van der Waals surface area contributed by atoms with Gasteiger partial charge >= 0.3 is 0 Å². The van der Waals surface area contributed by atoms with Gasteiger partial charge in [0.25, 0.3) is 0 Å². The molecule has 0 aliphatic rings. The number of rotatable bonds is 4. The molecule has 19 heavy (non-hydrogen) atoms. The third-order valence-corrected chi connectivity index (χ3v) is 2.63. The molecule has 100 valence electrons. The first-order chi connectivity index (χ1) is 8.57. The molecule has 0 unspecified atom stereocenters. The van der Waals surface area contributed by atoms with E-state index in [1.807, 2.05) is 20.8 Å². The zero-order chi connectivity index (χ0) is 14.8. The topological polar surface area (TPSA) is 72.7 Å². The highest BCUT2D eigenvalue weighted by molar-refractivity contribution is 6.40. The number of phenols is 1. The summed E-state index contributed by atoms with van der Waals surface area (Å²) in [5.41, 5.74) is 0.355. The van der Waals surface area contributed by atoms with Gasteiger partial charge in [-0.15, -0.1) is 0 Å². The van der Waals surface area contributed by atoms with Crippen molar-refractivity contribution in [3.63, 3.8) is 0 Å². The van der Waals surface area contributed by atoms with Crippen molar-refractivity contribution in [2.45, 2.75) is 44.4 Å². The predicted molar refractivity (Wildman–Crippen MR) is 76.1 cm³/mol. The maximum absolute atomic E-state index is 10.2. The molecule has 0 aliphatic carbocycles. The van der Waals surface area contributed by atoms with Gasteiger partial charge in [-0.2, -0.15) is 0 Å². The zero-order valence-corrected chi connectivity index (χ0v) is 11.5. The standard InChI is InChI=1S/C13H19B2NO3/c1-12(2,3)16-13(14,15)11(19)8-4-5-10(18)9(6-8)7-17/h4-6,11,16-19H,7H2,1-3H3/t11-/m0/s1. The van der Waals surface area contributed by atoms with Gasteiger partial charge < -0.3 is 20.6 Å². The molecule has 0 aromatic heterocycles. The van der Waals surface area contributed by atoms with Gasteiger partial charge in [-0.05, 0) is 43.8 Å². The van der Waals surface area contributed by atoms with Crippen molar-refractivity contribution in [2.75, 3.05) is 0 Å². The number of hydrogen-bond acceptors (Lipinski definition) is 4. The van der Waals surface area contributed by atoms with Crippen LogP contribution in [0.4, 0.5) is 0 Å². The Kier molecular flexibility index (Phi) is 4.72. The third kappa shape index (κ3) is 4.27. The molecule has 0 aliphatic heterocycles. The van der Waals surface area contributed by atoms with Gasteiger partial charge in [0.1, 0.15) is 5.75 Å². The molecular weight excluding hydrogens is 240 g/mol. The summed E-state index contributed by atoms with van der Waals surface area (Å²) in [4.78, 5) is 0. The largest absolute Gasteiger partial charge is 0.508 e. The fraction of sp³-hybridized carbons (Fsp3) is 0.538. The minimum absolute atomic E-state index is 0.0399. The van der Waals surface area contributed by atoms with Gasteiger partial charge in [-0.3, -0.25) is 0 Å². The Morgan fingerprint density at radius 2 is 1.84 bits per heavy atom. The number of hydrogen-bond donors (Lipinski definition) is 4. The molecule has 1 atom stereocenters. The van der Waals surface area contributed by atoms with Crippen LogP contribution in [0.2, 0.25) is 0 Å². The van der Waals surface area contributed by atoms with E-state index in [4.69, 9.17) is 20.8 Å². The maximum atomic E-state index is 10.2. The quantitative estimate of drug-likeness (QED) is 0.586. The van der Waals surface area contributed by atoms with Crippen LogP contribution in [0, 0.1) is 0 Å². The summed E-state index contributed by atoms with van der Waals surface area (Å²) in [6.07, 6.45) is -1.18. The fourth-order valence-corrected chi connectivity index (χ4v) is 1.90. The smallest absolute Gasteiger partial charge is 0.121 e. The van der Waals surface area contributed by atoms with Gasteiger partial charge in [0.05, 0.1) is 28.4 Å². The van der Waals surface area contributed by atoms with Gasteiger partial charge in [0, 0.05) is 11.1 Å². The SMILES string of the molecule is [B]C([B])(NC(C)(C)C)[C@@H](O)c1ccc(O)c(CO)c1. The molecule has 0 saturated heterocycles. The van der Waals surface area contributed by atoms with E-state index < -0.39 is 11.4 Å². The van der Waals surface area contributed by atoms with Crippen molar-refractivity contribution in [1.29, 1.82) is 0 Å². The second-order valence-corrected chi connectivity index (χ2v) is 5.76. The molecule has 4 radical (unpaired) electrons. The van der Waals surface area contributed by atoms with Gasteiger partial charge in [0.15, 0.2) is 0 Å². The number of nitrogens with one attached hydrogen (secondary N) is 1. The van der Waals surface area contributed by atoms with E-state index >= 15 is 0 Å². The van der Waals surface area contributed by atoms with Crippen LogP contribution in [0.15, 0.2) is 18.2 Å². The van der Waals surface area contributed by atoms with Crippen molar-refractivity contribution in [3.05, 3.63) is 29.3 Å². The van der Waals surface area contributed by atoms with Crippen LogP contribution in [0.3, 0.4) is 0 Å². The predicted octanol–water partition coefficient (Wildman–Crippen LogP) is 0.297. The highest BCUT2D eigenvalue weighted by Crippen LogP contribution is 2.27. The van der Waals surface area contributed by atoms with Crippen molar-refractivity contribution in [2.24, 2.45) is 0 Å². The van der Waals surface area contributed by atoms with E-state index in [2.05, 4.69) is 5.32 Å². The first kappa shape index (κ1) is 16.1. The second kappa shape index (κ2) is 5.57. The molecule has 0 spiro atoms.